The molecule has 3 nitrogen and oxygen atoms in total. The molecule has 1 rings (SSSR count). The lowest BCUT2D eigenvalue weighted by molar-refractivity contribution is 0.185. The highest BCUT2D eigenvalue weighted by molar-refractivity contribution is 5.78. The molecule has 1 aromatic rings. The first kappa shape index (κ1) is 8.74. The first-order chi connectivity index (χ1) is 5.86. The molecule has 0 aliphatic heterocycles. The Balaban J connectivity index is 2.71. The second kappa shape index (κ2) is 4.51. The predicted octanol–water partition coefficient (Wildman–Crippen LogP) is 1.64. The summed E-state index contributed by atoms with van der Waals surface area (Å²) in [7, 11) is 1.66. The van der Waals surface area contributed by atoms with Crippen LogP contribution >= 0.6 is 0 Å². The summed E-state index contributed by atoms with van der Waals surface area (Å²) in [5, 5.41) is 11.2. The Morgan fingerprint density at radius 3 is 2.58 bits per heavy atom. The van der Waals surface area contributed by atoms with Gasteiger partial charge in [0.15, 0.2) is 0 Å². The van der Waals surface area contributed by atoms with Crippen molar-refractivity contribution < 1.29 is 9.94 Å². The molecule has 0 atom stereocenters. The molecular formula is C9H11NO2. The maximum absolute atomic E-state index is 8.24. The van der Waals surface area contributed by atoms with Crippen LogP contribution in [0.25, 0.3) is 0 Å². The van der Waals surface area contributed by atoms with Gasteiger partial charge in [0, 0.05) is 7.11 Å². The van der Waals surface area contributed by atoms with Gasteiger partial charge in [-0.2, -0.15) is 0 Å². The number of methoxy groups -OCH3 is 1. The highest BCUT2D eigenvalue weighted by Crippen LogP contribution is 2.03. The van der Waals surface area contributed by atoms with Gasteiger partial charge in [0.25, 0.3) is 0 Å². The van der Waals surface area contributed by atoms with E-state index in [0.717, 1.165) is 11.1 Å². The first-order valence-corrected chi connectivity index (χ1v) is 3.62. The van der Waals surface area contributed by atoms with Crippen molar-refractivity contribution in [1.29, 1.82) is 0 Å². The fourth-order valence-corrected chi connectivity index (χ4v) is 0.933. The molecule has 0 unspecified atom stereocenters. The number of benzene rings is 1. The minimum absolute atomic E-state index is 0.608. The molecule has 0 aliphatic rings. The number of oxime groups is 1. The lowest BCUT2D eigenvalue weighted by Gasteiger charge is -1.98. The van der Waals surface area contributed by atoms with Crippen molar-refractivity contribution in [3.8, 4) is 0 Å². The van der Waals surface area contributed by atoms with Crippen molar-refractivity contribution in [2.24, 2.45) is 5.16 Å². The van der Waals surface area contributed by atoms with Crippen LogP contribution in [0.15, 0.2) is 29.4 Å². The van der Waals surface area contributed by atoms with Crippen molar-refractivity contribution in [3.05, 3.63) is 35.4 Å². The summed E-state index contributed by atoms with van der Waals surface area (Å²) in [6.45, 7) is 0.608. The highest BCUT2D eigenvalue weighted by Gasteiger charge is 1.90. The Morgan fingerprint density at radius 1 is 1.42 bits per heavy atom. The zero-order valence-electron chi connectivity index (χ0n) is 6.90. The molecule has 64 valence electrons. The Labute approximate surface area is 71.3 Å². The van der Waals surface area contributed by atoms with Crippen LogP contribution in [0, 0.1) is 0 Å². The van der Waals surface area contributed by atoms with Crippen LogP contribution in [0.1, 0.15) is 11.1 Å². The maximum atomic E-state index is 8.24. The van der Waals surface area contributed by atoms with E-state index in [1.807, 2.05) is 24.3 Å². The van der Waals surface area contributed by atoms with Gasteiger partial charge in [0.1, 0.15) is 0 Å². The molecule has 12 heavy (non-hydrogen) atoms. The van der Waals surface area contributed by atoms with E-state index in [1.54, 1.807) is 7.11 Å². The Bertz CT molecular complexity index is 254. The second-order valence-corrected chi connectivity index (χ2v) is 2.42. The summed E-state index contributed by atoms with van der Waals surface area (Å²) in [5.74, 6) is 0. The van der Waals surface area contributed by atoms with Crippen LogP contribution < -0.4 is 0 Å². The topological polar surface area (TPSA) is 41.8 Å². The third-order valence-electron chi connectivity index (χ3n) is 1.50. The Morgan fingerprint density at radius 2 is 2.08 bits per heavy atom. The smallest absolute Gasteiger partial charge is 0.0733 e. The van der Waals surface area contributed by atoms with Gasteiger partial charge >= 0.3 is 0 Å². The van der Waals surface area contributed by atoms with E-state index < -0.39 is 0 Å². The third kappa shape index (κ3) is 2.36. The molecule has 1 aromatic carbocycles. The van der Waals surface area contributed by atoms with Gasteiger partial charge < -0.3 is 9.94 Å². The number of rotatable bonds is 3. The second-order valence-electron chi connectivity index (χ2n) is 2.42. The normalized spacial score (nSPS) is 10.8. The van der Waals surface area contributed by atoms with E-state index in [1.165, 1.54) is 6.21 Å². The standard InChI is InChI=1S/C9H11NO2/c1-12-7-9-4-2-8(3-5-9)6-10-11/h2-6,11H,7H2,1H3/b10-6+. The summed E-state index contributed by atoms with van der Waals surface area (Å²) >= 11 is 0. The summed E-state index contributed by atoms with van der Waals surface area (Å²) in [5.41, 5.74) is 1.98. The average molecular weight is 165 g/mol. The van der Waals surface area contributed by atoms with E-state index in [0.29, 0.717) is 6.61 Å². The molecule has 0 aromatic heterocycles. The quantitative estimate of drug-likeness (QED) is 0.420. The molecule has 0 radical (unpaired) electrons. The zero-order chi connectivity index (χ0) is 8.81. The van der Waals surface area contributed by atoms with Gasteiger partial charge in [-0.15, -0.1) is 0 Å². The Hall–Kier alpha value is -1.35. The molecule has 0 amide bonds. The molecule has 0 aliphatic carbocycles. The van der Waals surface area contributed by atoms with Gasteiger partial charge in [0.05, 0.1) is 12.8 Å². The van der Waals surface area contributed by atoms with Crippen LogP contribution in [-0.2, 0) is 11.3 Å². The molecule has 0 fully saturated rings. The zero-order valence-corrected chi connectivity index (χ0v) is 6.90. The fraction of sp³-hybridized carbons (Fsp3) is 0.222. The molecule has 1 N–H and O–H groups in total. The van der Waals surface area contributed by atoms with Crippen molar-refractivity contribution in [3.63, 3.8) is 0 Å². The van der Waals surface area contributed by atoms with E-state index >= 15 is 0 Å². The van der Waals surface area contributed by atoms with Crippen LogP contribution in [-0.4, -0.2) is 18.5 Å². The average Bonchev–Trinajstić information content (AvgIpc) is 2.09. The summed E-state index contributed by atoms with van der Waals surface area (Å²) < 4.78 is 4.94. The number of ether oxygens (including phenoxy) is 1. The lowest BCUT2D eigenvalue weighted by atomic mass is 10.1. The summed E-state index contributed by atoms with van der Waals surface area (Å²) in [6, 6.07) is 7.60. The third-order valence-corrected chi connectivity index (χ3v) is 1.50. The predicted molar refractivity (Wildman–Crippen MR) is 46.5 cm³/mol. The molecule has 3 heteroatoms. The van der Waals surface area contributed by atoms with E-state index in [9.17, 15) is 0 Å². The number of nitrogens with zero attached hydrogens (tertiary/aromatic N) is 1. The van der Waals surface area contributed by atoms with Crippen LogP contribution in [0.5, 0.6) is 0 Å². The molecule has 0 heterocycles. The summed E-state index contributed by atoms with van der Waals surface area (Å²) in [4.78, 5) is 0. The minimum Gasteiger partial charge on any atom is -0.411 e. The monoisotopic (exact) mass is 165 g/mol. The van der Waals surface area contributed by atoms with Crippen LogP contribution in [0.4, 0.5) is 0 Å². The Kier molecular flexibility index (Phi) is 3.29. The maximum Gasteiger partial charge on any atom is 0.0733 e. The van der Waals surface area contributed by atoms with E-state index in [-0.39, 0.29) is 0 Å². The van der Waals surface area contributed by atoms with Crippen molar-refractivity contribution in [2.75, 3.05) is 7.11 Å². The van der Waals surface area contributed by atoms with E-state index in [2.05, 4.69) is 5.16 Å². The number of hydrogen-bond donors (Lipinski definition) is 1. The molecule has 0 spiro atoms. The van der Waals surface area contributed by atoms with Crippen molar-refractivity contribution >= 4 is 6.21 Å². The van der Waals surface area contributed by atoms with Gasteiger partial charge in [-0.05, 0) is 11.1 Å². The lowest BCUT2D eigenvalue weighted by Crippen LogP contribution is -1.88. The highest BCUT2D eigenvalue weighted by atomic mass is 16.5. The van der Waals surface area contributed by atoms with Crippen LogP contribution in [0.3, 0.4) is 0 Å². The summed E-state index contributed by atoms with van der Waals surface area (Å²) in [6.07, 6.45) is 1.39. The fourth-order valence-electron chi connectivity index (χ4n) is 0.933. The van der Waals surface area contributed by atoms with Gasteiger partial charge in [-0.3, -0.25) is 0 Å². The molecular weight excluding hydrogens is 154 g/mol. The number of hydrogen-bond acceptors (Lipinski definition) is 3. The van der Waals surface area contributed by atoms with Gasteiger partial charge in [-0.25, -0.2) is 0 Å². The van der Waals surface area contributed by atoms with Gasteiger partial charge in [0.2, 0.25) is 0 Å². The molecule has 0 bridgehead atoms. The molecule has 0 saturated heterocycles. The van der Waals surface area contributed by atoms with E-state index in [4.69, 9.17) is 9.94 Å². The first-order valence-electron chi connectivity index (χ1n) is 3.62. The molecule has 0 saturated carbocycles. The minimum atomic E-state index is 0.608. The largest absolute Gasteiger partial charge is 0.411 e. The SMILES string of the molecule is COCc1ccc(/C=N/O)cc1. The van der Waals surface area contributed by atoms with Crippen molar-refractivity contribution in [2.45, 2.75) is 6.61 Å². The van der Waals surface area contributed by atoms with Crippen LogP contribution in [0.2, 0.25) is 0 Å². The van der Waals surface area contributed by atoms with Gasteiger partial charge in [-0.1, -0.05) is 29.4 Å². The van der Waals surface area contributed by atoms with Crippen molar-refractivity contribution in [1.82, 2.24) is 0 Å².